The highest BCUT2D eigenvalue weighted by Gasteiger charge is 2.22. The largest absolute Gasteiger partial charge is 0.493 e. The third kappa shape index (κ3) is 2.93. The summed E-state index contributed by atoms with van der Waals surface area (Å²) in [7, 11) is 0. The van der Waals surface area contributed by atoms with E-state index >= 15 is 0 Å². The molecular weight excluding hydrogens is 236 g/mol. The molecule has 19 heavy (non-hydrogen) atoms. The number of ether oxygens (including phenoxy) is 1. The predicted octanol–water partition coefficient (Wildman–Crippen LogP) is 2.20. The van der Waals surface area contributed by atoms with Crippen LogP contribution in [0.3, 0.4) is 0 Å². The molecule has 3 heteroatoms. The minimum atomic E-state index is 0.739. The molecule has 2 heterocycles. The van der Waals surface area contributed by atoms with E-state index in [9.17, 15) is 0 Å². The summed E-state index contributed by atoms with van der Waals surface area (Å²) >= 11 is 0. The summed E-state index contributed by atoms with van der Waals surface area (Å²) in [6, 6.07) is 7.33. The molecule has 2 aliphatic heterocycles. The van der Waals surface area contributed by atoms with E-state index in [1.165, 1.54) is 37.1 Å². The van der Waals surface area contributed by atoms with Gasteiger partial charge in [-0.15, -0.1) is 0 Å². The first-order valence-electron chi connectivity index (χ1n) is 7.56. The van der Waals surface area contributed by atoms with Crippen molar-refractivity contribution in [1.82, 2.24) is 10.2 Å². The highest BCUT2D eigenvalue weighted by atomic mass is 16.5. The molecule has 1 fully saturated rings. The molecular formula is C16H24N2O. The van der Waals surface area contributed by atoms with Crippen LogP contribution in [0.15, 0.2) is 18.2 Å². The van der Waals surface area contributed by atoms with Gasteiger partial charge in [0, 0.05) is 25.6 Å². The van der Waals surface area contributed by atoms with Crippen LogP contribution < -0.4 is 10.1 Å². The summed E-state index contributed by atoms with van der Waals surface area (Å²) in [5.41, 5.74) is 2.75. The first-order valence-corrected chi connectivity index (χ1v) is 7.56. The van der Waals surface area contributed by atoms with E-state index in [2.05, 4.69) is 35.3 Å². The van der Waals surface area contributed by atoms with Gasteiger partial charge in [0.15, 0.2) is 0 Å². The van der Waals surface area contributed by atoms with Crippen LogP contribution in [0, 0.1) is 0 Å². The summed E-state index contributed by atoms with van der Waals surface area (Å²) in [6.07, 6.45) is 3.77. The van der Waals surface area contributed by atoms with Crippen molar-refractivity contribution in [3.63, 3.8) is 0 Å². The van der Waals surface area contributed by atoms with Gasteiger partial charge in [0.2, 0.25) is 0 Å². The average Bonchev–Trinajstić information content (AvgIpc) is 3.06. The molecule has 1 aromatic carbocycles. The summed E-state index contributed by atoms with van der Waals surface area (Å²) in [6.45, 7) is 7.66. The second-order valence-corrected chi connectivity index (χ2v) is 5.60. The van der Waals surface area contributed by atoms with Crippen LogP contribution in [0.4, 0.5) is 0 Å². The molecule has 0 aliphatic carbocycles. The molecule has 1 N–H and O–H groups in total. The normalized spacial score (nSPS) is 22.5. The third-order valence-corrected chi connectivity index (χ3v) is 4.37. The zero-order valence-electron chi connectivity index (χ0n) is 11.8. The van der Waals surface area contributed by atoms with Gasteiger partial charge in [0.25, 0.3) is 0 Å². The number of likely N-dealkylation sites (tertiary alicyclic amines) is 1. The number of rotatable bonds is 5. The molecule has 1 atom stereocenters. The zero-order chi connectivity index (χ0) is 13.1. The number of hydrogen-bond donors (Lipinski definition) is 1. The molecule has 1 aromatic rings. The highest BCUT2D eigenvalue weighted by Crippen LogP contribution is 2.25. The second kappa shape index (κ2) is 5.93. The quantitative estimate of drug-likeness (QED) is 0.878. The van der Waals surface area contributed by atoms with Gasteiger partial charge in [0.05, 0.1) is 6.61 Å². The number of fused-ring (bicyclic) bond motifs is 1. The molecule has 3 rings (SSSR count). The lowest BCUT2D eigenvalue weighted by Crippen LogP contribution is -2.37. The zero-order valence-corrected chi connectivity index (χ0v) is 11.8. The number of likely N-dealkylation sites (N-methyl/N-ethyl adjacent to an activating group) is 1. The molecule has 1 unspecified atom stereocenters. The maximum atomic E-state index is 5.54. The van der Waals surface area contributed by atoms with E-state index in [0.29, 0.717) is 0 Å². The van der Waals surface area contributed by atoms with E-state index in [1.807, 2.05) is 0 Å². The van der Waals surface area contributed by atoms with Gasteiger partial charge in [-0.25, -0.2) is 0 Å². The summed E-state index contributed by atoms with van der Waals surface area (Å²) in [5.74, 6) is 1.08. The fourth-order valence-electron chi connectivity index (χ4n) is 3.28. The summed E-state index contributed by atoms with van der Waals surface area (Å²) < 4.78 is 5.54. The van der Waals surface area contributed by atoms with E-state index in [4.69, 9.17) is 4.74 Å². The summed E-state index contributed by atoms with van der Waals surface area (Å²) in [5, 5.41) is 3.62. The Morgan fingerprint density at radius 1 is 1.42 bits per heavy atom. The molecule has 2 aliphatic rings. The maximum absolute atomic E-state index is 5.54. The highest BCUT2D eigenvalue weighted by molar-refractivity contribution is 5.39. The Balaban J connectivity index is 1.50. The summed E-state index contributed by atoms with van der Waals surface area (Å²) in [4.78, 5) is 2.59. The minimum absolute atomic E-state index is 0.739. The fraction of sp³-hybridized carbons (Fsp3) is 0.625. The Hall–Kier alpha value is -1.06. The number of hydrogen-bond acceptors (Lipinski definition) is 3. The van der Waals surface area contributed by atoms with Crippen LogP contribution in [0.2, 0.25) is 0 Å². The van der Waals surface area contributed by atoms with Crippen molar-refractivity contribution in [3.8, 4) is 5.75 Å². The molecule has 104 valence electrons. The number of benzene rings is 1. The Morgan fingerprint density at radius 3 is 3.26 bits per heavy atom. The Labute approximate surface area is 115 Å². The lowest BCUT2D eigenvalue weighted by atomic mass is 10.1. The van der Waals surface area contributed by atoms with Crippen LogP contribution in [0.25, 0.3) is 0 Å². The topological polar surface area (TPSA) is 24.5 Å². The first kappa shape index (κ1) is 12.9. The van der Waals surface area contributed by atoms with Crippen molar-refractivity contribution in [1.29, 1.82) is 0 Å². The van der Waals surface area contributed by atoms with Crippen LogP contribution in [0.1, 0.15) is 30.9 Å². The SMILES string of the molecule is CCN1CCCC1CNCc1ccc2c(c1)CCO2. The van der Waals surface area contributed by atoms with Gasteiger partial charge in [-0.2, -0.15) is 0 Å². The molecule has 0 bridgehead atoms. The smallest absolute Gasteiger partial charge is 0.122 e. The van der Waals surface area contributed by atoms with Crippen molar-refractivity contribution in [2.45, 2.75) is 38.8 Å². The van der Waals surface area contributed by atoms with E-state index < -0.39 is 0 Å². The van der Waals surface area contributed by atoms with Crippen molar-refractivity contribution in [3.05, 3.63) is 29.3 Å². The fourth-order valence-corrected chi connectivity index (χ4v) is 3.28. The van der Waals surface area contributed by atoms with Gasteiger partial charge in [-0.1, -0.05) is 19.1 Å². The van der Waals surface area contributed by atoms with Crippen molar-refractivity contribution >= 4 is 0 Å². The van der Waals surface area contributed by atoms with E-state index in [1.54, 1.807) is 0 Å². The van der Waals surface area contributed by atoms with Crippen LogP contribution in [-0.2, 0) is 13.0 Å². The van der Waals surface area contributed by atoms with E-state index in [-0.39, 0.29) is 0 Å². The van der Waals surface area contributed by atoms with Crippen LogP contribution in [-0.4, -0.2) is 37.2 Å². The predicted molar refractivity (Wildman–Crippen MR) is 77.6 cm³/mol. The Kier molecular flexibility index (Phi) is 4.04. The Morgan fingerprint density at radius 2 is 2.37 bits per heavy atom. The second-order valence-electron chi connectivity index (χ2n) is 5.60. The first-order chi connectivity index (χ1) is 9.36. The molecule has 3 nitrogen and oxygen atoms in total. The maximum Gasteiger partial charge on any atom is 0.122 e. The van der Waals surface area contributed by atoms with Crippen LogP contribution in [0.5, 0.6) is 5.75 Å². The molecule has 0 aromatic heterocycles. The van der Waals surface area contributed by atoms with Crippen molar-refractivity contribution in [2.24, 2.45) is 0 Å². The minimum Gasteiger partial charge on any atom is -0.493 e. The van der Waals surface area contributed by atoms with Crippen molar-refractivity contribution < 1.29 is 4.74 Å². The Bertz CT molecular complexity index is 433. The van der Waals surface area contributed by atoms with Gasteiger partial charge >= 0.3 is 0 Å². The van der Waals surface area contributed by atoms with Crippen LogP contribution >= 0.6 is 0 Å². The van der Waals surface area contributed by atoms with Gasteiger partial charge in [-0.3, -0.25) is 4.90 Å². The molecule has 0 saturated carbocycles. The molecule has 0 spiro atoms. The van der Waals surface area contributed by atoms with Gasteiger partial charge in [-0.05, 0) is 43.1 Å². The number of nitrogens with one attached hydrogen (secondary N) is 1. The molecule has 0 amide bonds. The van der Waals surface area contributed by atoms with E-state index in [0.717, 1.165) is 37.9 Å². The van der Waals surface area contributed by atoms with Gasteiger partial charge < -0.3 is 10.1 Å². The molecule has 1 saturated heterocycles. The third-order valence-electron chi connectivity index (χ3n) is 4.37. The monoisotopic (exact) mass is 260 g/mol. The lowest BCUT2D eigenvalue weighted by Gasteiger charge is -2.23. The number of nitrogens with zero attached hydrogens (tertiary/aromatic N) is 1. The lowest BCUT2D eigenvalue weighted by molar-refractivity contribution is 0.260. The van der Waals surface area contributed by atoms with Crippen molar-refractivity contribution in [2.75, 3.05) is 26.2 Å². The standard InChI is InChI=1S/C16H24N2O/c1-2-18-8-3-4-15(18)12-17-11-13-5-6-16-14(10-13)7-9-19-16/h5-6,10,15,17H,2-4,7-9,11-12H2,1H3. The average molecular weight is 260 g/mol. The molecule has 0 radical (unpaired) electrons. The van der Waals surface area contributed by atoms with Gasteiger partial charge in [0.1, 0.15) is 5.75 Å².